The number of piperidine rings is 1. The van der Waals surface area contributed by atoms with Crippen LogP contribution in [-0.2, 0) is 21.2 Å². The highest BCUT2D eigenvalue weighted by Gasteiger charge is 2.34. The Kier molecular flexibility index (Phi) is 6.89. The van der Waals surface area contributed by atoms with E-state index in [0.717, 1.165) is 51.0 Å². The van der Waals surface area contributed by atoms with E-state index in [1.165, 1.54) is 0 Å². The zero-order valence-electron chi connectivity index (χ0n) is 16.2. The average molecular weight is 394 g/mol. The summed E-state index contributed by atoms with van der Waals surface area (Å²) in [5, 5.41) is 0. The predicted molar refractivity (Wildman–Crippen MR) is 107 cm³/mol. The Labute approximate surface area is 163 Å². The second-order valence-electron chi connectivity index (χ2n) is 7.73. The number of piperazine rings is 1. The van der Waals surface area contributed by atoms with E-state index in [0.29, 0.717) is 19.5 Å². The third-order valence-corrected chi connectivity index (χ3v) is 7.58. The van der Waals surface area contributed by atoms with Crippen LogP contribution in [0.1, 0.15) is 24.8 Å². The van der Waals surface area contributed by atoms with Crippen LogP contribution in [0.3, 0.4) is 0 Å². The number of amides is 1. The van der Waals surface area contributed by atoms with Crippen molar-refractivity contribution < 1.29 is 13.2 Å². The molecule has 0 aromatic heterocycles. The van der Waals surface area contributed by atoms with Crippen LogP contribution >= 0.6 is 0 Å². The number of aryl methyl sites for hydroxylation is 1. The van der Waals surface area contributed by atoms with Gasteiger partial charge in [-0.1, -0.05) is 30.3 Å². The lowest BCUT2D eigenvalue weighted by molar-refractivity contribution is -0.138. The molecule has 2 fully saturated rings. The Balaban J connectivity index is 1.52. The van der Waals surface area contributed by atoms with Crippen molar-refractivity contribution in [2.45, 2.75) is 25.7 Å². The highest BCUT2D eigenvalue weighted by Crippen LogP contribution is 2.22. The number of nitrogens with zero attached hydrogens (tertiary/aromatic N) is 3. The van der Waals surface area contributed by atoms with Gasteiger partial charge in [0.15, 0.2) is 0 Å². The molecule has 0 bridgehead atoms. The maximum absolute atomic E-state index is 12.8. The van der Waals surface area contributed by atoms with Gasteiger partial charge in [-0.2, -0.15) is 0 Å². The fourth-order valence-corrected chi connectivity index (χ4v) is 5.50. The van der Waals surface area contributed by atoms with Crippen molar-refractivity contribution in [3.63, 3.8) is 0 Å². The van der Waals surface area contributed by atoms with Crippen molar-refractivity contribution in [1.29, 1.82) is 0 Å². The standard InChI is InChI=1S/C20H31N3O3S/c1-21-12-14-22(15-13-21)20(24)19-10-5-11-23(17-19)27(25,26)16-6-9-18-7-3-2-4-8-18/h2-4,7-8,19H,5-6,9-17H2,1H3/t19-/m0/s1. The number of sulfonamides is 1. The maximum atomic E-state index is 12.8. The van der Waals surface area contributed by atoms with Crippen LogP contribution in [0.4, 0.5) is 0 Å². The molecule has 1 aromatic rings. The summed E-state index contributed by atoms with van der Waals surface area (Å²) in [7, 11) is -1.24. The van der Waals surface area contributed by atoms with Crippen LogP contribution in [0.2, 0.25) is 0 Å². The molecular weight excluding hydrogens is 362 g/mol. The van der Waals surface area contributed by atoms with E-state index >= 15 is 0 Å². The Hall–Kier alpha value is -1.44. The molecule has 2 heterocycles. The van der Waals surface area contributed by atoms with Gasteiger partial charge in [0.05, 0.1) is 11.7 Å². The van der Waals surface area contributed by atoms with Gasteiger partial charge in [-0.25, -0.2) is 12.7 Å². The quantitative estimate of drug-likeness (QED) is 0.734. The summed E-state index contributed by atoms with van der Waals surface area (Å²) in [5.74, 6) is 0.0930. The summed E-state index contributed by atoms with van der Waals surface area (Å²) in [6.45, 7) is 4.16. The van der Waals surface area contributed by atoms with Gasteiger partial charge >= 0.3 is 0 Å². The van der Waals surface area contributed by atoms with Crippen LogP contribution in [-0.4, -0.2) is 80.5 Å². The number of rotatable bonds is 6. The lowest BCUT2D eigenvalue weighted by atomic mass is 9.98. The van der Waals surface area contributed by atoms with Gasteiger partial charge < -0.3 is 9.80 Å². The second kappa shape index (κ2) is 9.17. The fourth-order valence-electron chi connectivity index (χ4n) is 3.91. The normalized spacial score (nSPS) is 22.7. The summed E-state index contributed by atoms with van der Waals surface area (Å²) in [6, 6.07) is 9.97. The average Bonchev–Trinajstić information content (AvgIpc) is 2.69. The van der Waals surface area contributed by atoms with E-state index in [4.69, 9.17) is 0 Å². The minimum atomic E-state index is -3.31. The monoisotopic (exact) mass is 393 g/mol. The molecule has 0 N–H and O–H groups in total. The zero-order valence-corrected chi connectivity index (χ0v) is 17.0. The number of carbonyl (C=O) groups excluding carboxylic acids is 1. The SMILES string of the molecule is CN1CCN(C(=O)[C@H]2CCCN(S(=O)(=O)CCCc3ccccc3)C2)CC1. The topological polar surface area (TPSA) is 60.9 Å². The summed E-state index contributed by atoms with van der Waals surface area (Å²) < 4.78 is 27.1. The van der Waals surface area contributed by atoms with Crippen LogP contribution in [0, 0.1) is 5.92 Å². The molecular formula is C20H31N3O3S. The van der Waals surface area contributed by atoms with Crippen LogP contribution in [0.5, 0.6) is 0 Å². The van der Waals surface area contributed by atoms with Crippen molar-refractivity contribution in [1.82, 2.24) is 14.1 Å². The molecule has 0 radical (unpaired) electrons. The van der Waals surface area contributed by atoms with Gasteiger partial charge in [0.1, 0.15) is 0 Å². The molecule has 2 saturated heterocycles. The van der Waals surface area contributed by atoms with E-state index in [-0.39, 0.29) is 17.6 Å². The van der Waals surface area contributed by atoms with Crippen molar-refractivity contribution >= 4 is 15.9 Å². The first kappa shape index (κ1) is 20.3. The Morgan fingerprint density at radius 1 is 1.07 bits per heavy atom. The third kappa shape index (κ3) is 5.53. The van der Waals surface area contributed by atoms with Gasteiger partial charge in [-0.15, -0.1) is 0 Å². The van der Waals surface area contributed by atoms with Gasteiger partial charge in [-0.05, 0) is 38.3 Å². The zero-order chi connectivity index (χ0) is 19.3. The Morgan fingerprint density at radius 3 is 2.48 bits per heavy atom. The van der Waals surface area contributed by atoms with Crippen molar-refractivity contribution in [3.05, 3.63) is 35.9 Å². The third-order valence-electron chi connectivity index (χ3n) is 5.65. The van der Waals surface area contributed by atoms with Gasteiger partial charge in [0, 0.05) is 39.3 Å². The second-order valence-corrected chi connectivity index (χ2v) is 9.82. The highest BCUT2D eigenvalue weighted by molar-refractivity contribution is 7.89. The van der Waals surface area contributed by atoms with E-state index in [1.807, 2.05) is 35.2 Å². The van der Waals surface area contributed by atoms with E-state index in [1.54, 1.807) is 4.31 Å². The lowest BCUT2D eigenvalue weighted by Gasteiger charge is -2.37. The molecule has 7 heteroatoms. The van der Waals surface area contributed by atoms with Crippen molar-refractivity contribution in [3.8, 4) is 0 Å². The van der Waals surface area contributed by atoms with E-state index in [2.05, 4.69) is 11.9 Å². The molecule has 150 valence electrons. The number of hydrogen-bond acceptors (Lipinski definition) is 4. The first-order valence-corrected chi connectivity index (χ1v) is 11.6. The molecule has 0 aliphatic carbocycles. The van der Waals surface area contributed by atoms with Crippen LogP contribution < -0.4 is 0 Å². The Bertz CT molecular complexity index is 715. The highest BCUT2D eigenvalue weighted by atomic mass is 32.2. The predicted octanol–water partition coefficient (Wildman–Crippen LogP) is 1.44. The molecule has 1 aromatic carbocycles. The number of benzene rings is 1. The van der Waals surface area contributed by atoms with Crippen molar-refractivity contribution in [2.24, 2.45) is 5.92 Å². The molecule has 6 nitrogen and oxygen atoms in total. The molecule has 1 amide bonds. The summed E-state index contributed by atoms with van der Waals surface area (Å²) in [4.78, 5) is 16.9. The molecule has 2 aliphatic heterocycles. The van der Waals surface area contributed by atoms with Gasteiger partial charge in [-0.3, -0.25) is 4.79 Å². The largest absolute Gasteiger partial charge is 0.340 e. The maximum Gasteiger partial charge on any atom is 0.227 e. The summed E-state index contributed by atoms with van der Waals surface area (Å²) >= 11 is 0. The minimum absolute atomic E-state index is 0.132. The summed E-state index contributed by atoms with van der Waals surface area (Å²) in [6.07, 6.45) is 2.93. The number of carbonyl (C=O) groups is 1. The van der Waals surface area contributed by atoms with Crippen LogP contribution in [0.15, 0.2) is 30.3 Å². The first-order valence-electron chi connectivity index (χ1n) is 9.95. The molecule has 1 atom stereocenters. The van der Waals surface area contributed by atoms with E-state index in [9.17, 15) is 13.2 Å². The lowest BCUT2D eigenvalue weighted by Crippen LogP contribution is -2.52. The van der Waals surface area contributed by atoms with Gasteiger partial charge in [0.2, 0.25) is 15.9 Å². The number of hydrogen-bond donors (Lipinski definition) is 0. The van der Waals surface area contributed by atoms with Crippen molar-refractivity contribution in [2.75, 3.05) is 52.1 Å². The smallest absolute Gasteiger partial charge is 0.227 e. The van der Waals surface area contributed by atoms with Crippen LogP contribution in [0.25, 0.3) is 0 Å². The first-order chi connectivity index (χ1) is 13.0. The fraction of sp³-hybridized carbons (Fsp3) is 0.650. The summed E-state index contributed by atoms with van der Waals surface area (Å²) in [5.41, 5.74) is 1.16. The number of likely N-dealkylation sites (N-methyl/N-ethyl adjacent to an activating group) is 1. The molecule has 27 heavy (non-hydrogen) atoms. The molecule has 0 spiro atoms. The Morgan fingerprint density at radius 2 is 1.78 bits per heavy atom. The minimum Gasteiger partial charge on any atom is -0.340 e. The van der Waals surface area contributed by atoms with E-state index < -0.39 is 10.0 Å². The molecule has 2 aliphatic rings. The molecule has 0 unspecified atom stereocenters. The molecule has 0 saturated carbocycles. The van der Waals surface area contributed by atoms with Gasteiger partial charge in [0.25, 0.3) is 0 Å². The molecule has 3 rings (SSSR count).